The molecule has 1 aliphatic heterocycles. The first-order valence-corrected chi connectivity index (χ1v) is 3.72. The van der Waals surface area contributed by atoms with E-state index in [0.29, 0.717) is 0 Å². The van der Waals surface area contributed by atoms with E-state index >= 15 is 0 Å². The summed E-state index contributed by atoms with van der Waals surface area (Å²) in [4.78, 5) is 0. The molecule has 0 aliphatic carbocycles. The van der Waals surface area contributed by atoms with Gasteiger partial charge in [0.15, 0.2) is 0 Å². The van der Waals surface area contributed by atoms with Gasteiger partial charge in [-0.2, -0.15) is 0 Å². The Balaban J connectivity index is 2.47. The molecule has 0 aromatic heterocycles. The van der Waals surface area contributed by atoms with E-state index in [1.54, 1.807) is 11.1 Å². The molecule has 2 rings (SSSR count). The number of hydrazine groups is 1. The zero-order valence-corrected chi connectivity index (χ0v) is 7.00. The van der Waals surface area contributed by atoms with Crippen molar-refractivity contribution < 1.29 is 4.39 Å². The monoisotopic (exact) mass is 164 g/mol. The maximum absolute atomic E-state index is 12.7. The first-order chi connectivity index (χ1) is 5.68. The molecular formula is C9H9FN2. The summed E-state index contributed by atoms with van der Waals surface area (Å²) in [6.07, 6.45) is 0. The van der Waals surface area contributed by atoms with Crippen LogP contribution in [0.15, 0.2) is 18.2 Å². The summed E-state index contributed by atoms with van der Waals surface area (Å²) in [6, 6.07) is 4.69. The molecule has 0 atom stereocenters. The third kappa shape index (κ3) is 0.975. The quantitative estimate of drug-likeness (QED) is 0.573. The lowest BCUT2D eigenvalue weighted by Gasteiger charge is -2.20. The van der Waals surface area contributed by atoms with Crippen LogP contribution in [0.2, 0.25) is 0 Å². The van der Waals surface area contributed by atoms with Gasteiger partial charge in [-0.1, -0.05) is 0 Å². The number of hydrogen-bond acceptors (Lipinski definition) is 2. The Morgan fingerprint density at radius 2 is 2.08 bits per heavy atom. The number of nitrogens with zero attached hydrogens (tertiary/aromatic N) is 2. The number of anilines is 1. The van der Waals surface area contributed by atoms with Crippen LogP contribution in [-0.2, 0) is 0 Å². The summed E-state index contributed by atoms with van der Waals surface area (Å²) >= 11 is 0. The minimum Gasteiger partial charge on any atom is -0.308 e. The van der Waals surface area contributed by atoms with E-state index in [1.165, 1.54) is 12.1 Å². The molecule has 2 nitrogen and oxygen atoms in total. The second kappa shape index (κ2) is 2.45. The summed E-state index contributed by atoms with van der Waals surface area (Å²) in [5.41, 5.74) is 1.79. The maximum Gasteiger partial charge on any atom is 0.123 e. The molecule has 0 spiro atoms. The van der Waals surface area contributed by atoms with Gasteiger partial charge in [0.25, 0.3) is 0 Å². The van der Waals surface area contributed by atoms with Crippen molar-refractivity contribution in [2.45, 2.75) is 0 Å². The Morgan fingerprint density at radius 3 is 2.83 bits per heavy atom. The van der Waals surface area contributed by atoms with Gasteiger partial charge in [0.1, 0.15) is 12.4 Å². The third-order valence-electron chi connectivity index (χ3n) is 2.04. The second-order valence-corrected chi connectivity index (χ2v) is 2.82. The molecular weight excluding hydrogens is 155 g/mol. The van der Waals surface area contributed by atoms with Crippen molar-refractivity contribution in [3.05, 3.63) is 36.1 Å². The second-order valence-electron chi connectivity index (χ2n) is 2.82. The van der Waals surface area contributed by atoms with Crippen molar-refractivity contribution >= 4 is 5.69 Å². The van der Waals surface area contributed by atoms with E-state index in [1.807, 2.05) is 19.1 Å². The normalized spacial score (nSPS) is 16.8. The molecule has 3 heteroatoms. The third-order valence-corrected chi connectivity index (χ3v) is 2.04. The Bertz CT molecular complexity index is 311. The van der Waals surface area contributed by atoms with Crippen LogP contribution in [0.5, 0.6) is 0 Å². The fraction of sp³-hybridized carbons (Fsp3) is 0.222. The molecule has 12 heavy (non-hydrogen) atoms. The summed E-state index contributed by atoms with van der Waals surface area (Å²) < 4.78 is 12.7. The highest BCUT2D eigenvalue weighted by molar-refractivity contribution is 5.59. The Hall–Kier alpha value is -1.09. The molecule has 0 saturated carbocycles. The van der Waals surface area contributed by atoms with Crippen LogP contribution in [0.3, 0.4) is 0 Å². The van der Waals surface area contributed by atoms with Crippen LogP contribution in [0, 0.1) is 12.4 Å². The van der Waals surface area contributed by atoms with Crippen molar-refractivity contribution in [3.8, 4) is 0 Å². The number of rotatable bonds is 0. The van der Waals surface area contributed by atoms with Crippen LogP contribution in [0.4, 0.5) is 10.1 Å². The van der Waals surface area contributed by atoms with Gasteiger partial charge in [-0.25, -0.2) is 9.40 Å². The summed E-state index contributed by atoms with van der Waals surface area (Å²) in [5.74, 6) is -0.218. The topological polar surface area (TPSA) is 6.48 Å². The van der Waals surface area contributed by atoms with Crippen LogP contribution in [0.25, 0.3) is 0 Å². The maximum atomic E-state index is 12.7. The van der Waals surface area contributed by atoms with Crippen LogP contribution < -0.4 is 5.01 Å². The Labute approximate surface area is 71.2 Å². The lowest BCUT2D eigenvalue weighted by atomic mass is 10.2. The van der Waals surface area contributed by atoms with E-state index in [9.17, 15) is 4.39 Å². The SMILES string of the molecule is CN1[C]c2cc(F)ccc2N1C. The predicted octanol–water partition coefficient (Wildman–Crippen LogP) is 1.51. The van der Waals surface area contributed by atoms with Crippen LogP contribution in [-0.4, -0.2) is 19.1 Å². The van der Waals surface area contributed by atoms with Crippen molar-refractivity contribution in [1.29, 1.82) is 0 Å². The Kier molecular flexibility index (Phi) is 1.54. The largest absolute Gasteiger partial charge is 0.308 e. The molecule has 1 aromatic rings. The fourth-order valence-corrected chi connectivity index (χ4v) is 1.29. The average Bonchev–Trinajstić information content (AvgIpc) is 2.28. The van der Waals surface area contributed by atoms with Gasteiger partial charge in [-0.05, 0) is 18.2 Å². The summed E-state index contributed by atoms with van der Waals surface area (Å²) in [5, 5.41) is 3.71. The molecule has 0 amide bonds. The van der Waals surface area contributed by atoms with Crippen LogP contribution in [0.1, 0.15) is 5.56 Å². The van der Waals surface area contributed by atoms with Crippen molar-refractivity contribution in [2.75, 3.05) is 19.1 Å². The van der Waals surface area contributed by atoms with Crippen molar-refractivity contribution in [1.82, 2.24) is 5.01 Å². The van der Waals surface area contributed by atoms with Gasteiger partial charge in [0, 0.05) is 19.7 Å². The molecule has 1 aromatic carbocycles. The molecule has 0 bridgehead atoms. The number of hydrogen-bond donors (Lipinski definition) is 0. The number of benzene rings is 1. The highest BCUT2D eigenvalue weighted by Gasteiger charge is 2.21. The highest BCUT2D eigenvalue weighted by Crippen LogP contribution is 2.30. The smallest absolute Gasteiger partial charge is 0.123 e. The minimum atomic E-state index is -0.218. The van der Waals surface area contributed by atoms with Gasteiger partial charge in [-0.15, -0.1) is 0 Å². The molecule has 1 heterocycles. The molecule has 1 aliphatic rings. The van der Waals surface area contributed by atoms with Crippen LogP contribution >= 0.6 is 0 Å². The first kappa shape index (κ1) is 7.55. The summed E-state index contributed by atoms with van der Waals surface area (Å²) in [6.45, 7) is 3.01. The fourth-order valence-electron chi connectivity index (χ4n) is 1.29. The van der Waals surface area contributed by atoms with Gasteiger partial charge in [0.05, 0.1) is 5.69 Å². The zero-order chi connectivity index (χ0) is 8.72. The minimum absolute atomic E-state index is 0.218. The molecule has 0 N–H and O–H groups in total. The lowest BCUT2D eigenvalue weighted by molar-refractivity contribution is 0.432. The summed E-state index contributed by atoms with van der Waals surface area (Å²) in [7, 11) is 3.79. The molecule has 0 unspecified atom stereocenters. The van der Waals surface area contributed by atoms with E-state index in [0.717, 1.165) is 11.3 Å². The van der Waals surface area contributed by atoms with E-state index in [-0.39, 0.29) is 5.82 Å². The van der Waals surface area contributed by atoms with Crippen molar-refractivity contribution in [3.63, 3.8) is 0 Å². The van der Waals surface area contributed by atoms with Gasteiger partial charge in [-0.3, -0.25) is 0 Å². The van der Waals surface area contributed by atoms with E-state index in [2.05, 4.69) is 6.54 Å². The highest BCUT2D eigenvalue weighted by atomic mass is 19.1. The number of halogens is 1. The zero-order valence-electron chi connectivity index (χ0n) is 7.00. The molecule has 2 radical (unpaired) electrons. The lowest BCUT2D eigenvalue weighted by Crippen LogP contribution is -2.28. The van der Waals surface area contributed by atoms with Gasteiger partial charge < -0.3 is 5.01 Å². The Morgan fingerprint density at radius 1 is 1.33 bits per heavy atom. The van der Waals surface area contributed by atoms with Gasteiger partial charge in [0.2, 0.25) is 0 Å². The molecule has 0 fully saturated rings. The molecule has 62 valence electrons. The van der Waals surface area contributed by atoms with Gasteiger partial charge >= 0.3 is 0 Å². The predicted molar refractivity (Wildman–Crippen MR) is 44.9 cm³/mol. The van der Waals surface area contributed by atoms with Crippen molar-refractivity contribution in [2.24, 2.45) is 0 Å². The number of fused-ring (bicyclic) bond motifs is 1. The average molecular weight is 164 g/mol. The molecule has 0 saturated heterocycles. The standard InChI is InChI=1S/C9H9FN2/c1-11-6-7-5-8(10)3-4-9(7)12(11)2/h3-5H,1-2H3. The van der Waals surface area contributed by atoms with E-state index in [4.69, 9.17) is 0 Å². The van der Waals surface area contributed by atoms with E-state index < -0.39 is 0 Å². The first-order valence-electron chi connectivity index (χ1n) is 3.72.